The third-order valence-electron chi connectivity index (χ3n) is 6.98. The standard InChI is InChI=1S/C28H59NSi/c1-4-6-8-10-11-12-13-14-15-16-17-18-19-21-23-26-29(3,27-24-28-30)25-22-20-9-7-5-2/h4-28H2,1-3H3/q+1. The van der Waals surface area contributed by atoms with E-state index in [0.29, 0.717) is 0 Å². The molecule has 0 rings (SSSR count). The molecule has 0 aliphatic heterocycles. The third-order valence-corrected chi connectivity index (χ3v) is 7.33. The van der Waals surface area contributed by atoms with Crippen LogP contribution in [0.2, 0.25) is 6.04 Å². The van der Waals surface area contributed by atoms with Crippen molar-refractivity contribution in [3.63, 3.8) is 0 Å². The average Bonchev–Trinajstić information content (AvgIpc) is 2.75. The van der Waals surface area contributed by atoms with Gasteiger partial charge in [0, 0.05) is 10.2 Å². The SMILES string of the molecule is CCCCCCCCCCCCCCCCC[N+](C)(CCC[Si])CCCCCCC. The van der Waals surface area contributed by atoms with Crippen LogP contribution in [0.4, 0.5) is 0 Å². The van der Waals surface area contributed by atoms with E-state index in [-0.39, 0.29) is 0 Å². The second kappa shape index (κ2) is 23.8. The Labute approximate surface area is 196 Å². The average molecular weight is 438 g/mol. The molecule has 0 spiro atoms. The molecule has 0 aliphatic rings. The van der Waals surface area contributed by atoms with Crippen LogP contribution in [0.15, 0.2) is 0 Å². The Morgan fingerprint density at radius 3 is 0.967 bits per heavy atom. The number of unbranched alkanes of at least 4 members (excludes halogenated alkanes) is 18. The molecule has 0 saturated carbocycles. The van der Waals surface area contributed by atoms with Gasteiger partial charge in [-0.05, 0) is 32.1 Å². The zero-order chi connectivity index (χ0) is 22.2. The second-order valence-electron chi connectivity index (χ2n) is 10.3. The molecule has 0 aromatic rings. The monoisotopic (exact) mass is 437 g/mol. The molecule has 2 heteroatoms. The van der Waals surface area contributed by atoms with E-state index >= 15 is 0 Å². The van der Waals surface area contributed by atoms with Crippen molar-refractivity contribution in [3.8, 4) is 0 Å². The zero-order valence-electron chi connectivity index (χ0n) is 21.6. The summed E-state index contributed by atoms with van der Waals surface area (Å²) in [6.07, 6.45) is 30.3. The fourth-order valence-corrected chi connectivity index (χ4v) is 4.92. The summed E-state index contributed by atoms with van der Waals surface area (Å²) >= 11 is 0. The smallest absolute Gasteiger partial charge is 0.0784 e. The van der Waals surface area contributed by atoms with Gasteiger partial charge in [-0.1, -0.05) is 123 Å². The highest BCUT2D eigenvalue weighted by molar-refractivity contribution is 6.08. The minimum absolute atomic E-state index is 1.16. The number of nitrogens with zero attached hydrogens (tertiary/aromatic N) is 1. The minimum atomic E-state index is 1.16. The first-order valence-electron chi connectivity index (χ1n) is 14.2. The first-order valence-corrected chi connectivity index (χ1v) is 14.9. The van der Waals surface area contributed by atoms with Crippen LogP contribution in [0, 0.1) is 0 Å². The Morgan fingerprint density at radius 1 is 0.400 bits per heavy atom. The molecule has 0 aromatic carbocycles. The summed E-state index contributed by atoms with van der Waals surface area (Å²) in [6, 6.07) is 1.16. The topological polar surface area (TPSA) is 0 Å². The molecule has 0 amide bonds. The summed E-state index contributed by atoms with van der Waals surface area (Å²) in [4.78, 5) is 0. The lowest BCUT2D eigenvalue weighted by molar-refractivity contribution is -0.910. The molecule has 0 N–H and O–H groups in total. The molecule has 1 atom stereocenters. The van der Waals surface area contributed by atoms with Crippen LogP contribution in [0.3, 0.4) is 0 Å². The lowest BCUT2D eigenvalue weighted by atomic mass is 10.0. The number of hydrogen-bond acceptors (Lipinski definition) is 0. The molecule has 1 unspecified atom stereocenters. The predicted octanol–water partition coefficient (Wildman–Crippen LogP) is 9.25. The summed E-state index contributed by atoms with van der Waals surface area (Å²) < 4.78 is 1.31. The summed E-state index contributed by atoms with van der Waals surface area (Å²) in [7, 11) is 6.21. The highest BCUT2D eigenvalue weighted by Crippen LogP contribution is 2.16. The van der Waals surface area contributed by atoms with Gasteiger partial charge in [-0.15, -0.1) is 0 Å². The molecule has 0 aliphatic carbocycles. The number of quaternary nitrogens is 1. The molecule has 0 aromatic heterocycles. The molecule has 3 radical (unpaired) electrons. The maximum Gasteiger partial charge on any atom is 0.0784 e. The van der Waals surface area contributed by atoms with E-state index in [9.17, 15) is 0 Å². The van der Waals surface area contributed by atoms with Crippen LogP contribution < -0.4 is 0 Å². The van der Waals surface area contributed by atoms with Crippen molar-refractivity contribution >= 4 is 10.2 Å². The van der Waals surface area contributed by atoms with Gasteiger partial charge in [0.25, 0.3) is 0 Å². The quantitative estimate of drug-likeness (QED) is 0.0758. The van der Waals surface area contributed by atoms with Crippen molar-refractivity contribution < 1.29 is 4.48 Å². The third kappa shape index (κ3) is 21.4. The second-order valence-corrected chi connectivity index (χ2v) is 10.8. The Bertz CT molecular complexity index is 320. The Kier molecular flexibility index (Phi) is 24.0. The highest BCUT2D eigenvalue weighted by Gasteiger charge is 2.19. The normalized spacial score (nSPS) is 13.6. The first-order chi connectivity index (χ1) is 14.7. The summed E-state index contributed by atoms with van der Waals surface area (Å²) in [5, 5.41) is 0. The van der Waals surface area contributed by atoms with Gasteiger partial charge in [0.05, 0.1) is 26.7 Å². The summed E-state index contributed by atoms with van der Waals surface area (Å²) in [5.74, 6) is 0. The summed E-state index contributed by atoms with van der Waals surface area (Å²) in [5.41, 5.74) is 0. The van der Waals surface area contributed by atoms with Crippen molar-refractivity contribution in [3.05, 3.63) is 0 Å². The van der Waals surface area contributed by atoms with E-state index < -0.39 is 0 Å². The Morgan fingerprint density at radius 2 is 0.667 bits per heavy atom. The molecular formula is C28H59NSi+. The van der Waals surface area contributed by atoms with Gasteiger partial charge < -0.3 is 4.48 Å². The van der Waals surface area contributed by atoms with Crippen LogP contribution in [0.25, 0.3) is 0 Å². The molecule has 1 nitrogen and oxygen atoms in total. The van der Waals surface area contributed by atoms with Crippen LogP contribution in [-0.4, -0.2) is 41.4 Å². The van der Waals surface area contributed by atoms with E-state index in [1.807, 2.05) is 0 Å². The predicted molar refractivity (Wildman–Crippen MR) is 140 cm³/mol. The lowest BCUT2D eigenvalue weighted by Gasteiger charge is -2.35. The van der Waals surface area contributed by atoms with Crippen molar-refractivity contribution in [1.29, 1.82) is 0 Å². The van der Waals surface area contributed by atoms with Gasteiger partial charge in [0.15, 0.2) is 0 Å². The van der Waals surface area contributed by atoms with E-state index in [1.54, 1.807) is 0 Å². The lowest BCUT2D eigenvalue weighted by Crippen LogP contribution is -2.46. The van der Waals surface area contributed by atoms with Gasteiger partial charge in [-0.3, -0.25) is 0 Å². The van der Waals surface area contributed by atoms with Gasteiger partial charge in [0.2, 0.25) is 0 Å². The van der Waals surface area contributed by atoms with Crippen LogP contribution in [0.5, 0.6) is 0 Å². The van der Waals surface area contributed by atoms with E-state index in [1.165, 1.54) is 159 Å². The zero-order valence-corrected chi connectivity index (χ0v) is 22.6. The molecule has 0 heterocycles. The van der Waals surface area contributed by atoms with Crippen molar-refractivity contribution in [2.75, 3.05) is 26.7 Å². The molecule has 0 saturated heterocycles. The molecular weight excluding hydrogens is 378 g/mol. The fraction of sp³-hybridized carbons (Fsp3) is 1.00. The van der Waals surface area contributed by atoms with Gasteiger partial charge in [-0.2, -0.15) is 0 Å². The van der Waals surface area contributed by atoms with E-state index in [4.69, 9.17) is 0 Å². The van der Waals surface area contributed by atoms with Crippen LogP contribution in [-0.2, 0) is 0 Å². The number of rotatable bonds is 25. The minimum Gasteiger partial charge on any atom is -0.326 e. The maximum atomic E-state index is 3.69. The van der Waals surface area contributed by atoms with E-state index in [2.05, 4.69) is 31.1 Å². The molecule has 0 bridgehead atoms. The molecule has 0 fully saturated rings. The van der Waals surface area contributed by atoms with Gasteiger partial charge >= 0.3 is 0 Å². The first kappa shape index (κ1) is 30.2. The molecule has 179 valence electrons. The van der Waals surface area contributed by atoms with Gasteiger partial charge in [-0.25, -0.2) is 0 Å². The number of hydrogen-bond donors (Lipinski definition) is 0. The van der Waals surface area contributed by atoms with Crippen LogP contribution in [0.1, 0.15) is 149 Å². The highest BCUT2D eigenvalue weighted by atomic mass is 28.1. The fourth-order valence-electron chi connectivity index (χ4n) is 4.76. The van der Waals surface area contributed by atoms with Crippen molar-refractivity contribution in [2.24, 2.45) is 0 Å². The Balaban J connectivity index is 3.56. The Hall–Kier alpha value is 0.177. The van der Waals surface area contributed by atoms with Gasteiger partial charge in [0.1, 0.15) is 0 Å². The van der Waals surface area contributed by atoms with Crippen LogP contribution >= 0.6 is 0 Å². The van der Waals surface area contributed by atoms with Crippen molar-refractivity contribution in [1.82, 2.24) is 0 Å². The molecule has 30 heavy (non-hydrogen) atoms. The summed E-state index contributed by atoms with van der Waals surface area (Å²) in [6.45, 7) is 8.77. The largest absolute Gasteiger partial charge is 0.326 e. The van der Waals surface area contributed by atoms with Crippen molar-refractivity contribution in [2.45, 2.75) is 155 Å². The maximum absolute atomic E-state index is 3.69. The van der Waals surface area contributed by atoms with E-state index in [0.717, 1.165) is 6.04 Å².